The summed E-state index contributed by atoms with van der Waals surface area (Å²) >= 11 is 6.17. The lowest BCUT2D eigenvalue weighted by atomic mass is 9.90. The minimum atomic E-state index is -1.02. The van der Waals surface area contributed by atoms with Gasteiger partial charge in [-0.25, -0.2) is 0 Å². The molecule has 1 aliphatic carbocycles. The summed E-state index contributed by atoms with van der Waals surface area (Å²) < 4.78 is 1.94. The second kappa shape index (κ2) is 5.94. The van der Waals surface area contributed by atoms with Gasteiger partial charge in [-0.05, 0) is 50.5 Å². The molecule has 27 heavy (non-hydrogen) atoms. The number of rotatable bonds is 4. The zero-order chi connectivity index (χ0) is 19.4. The van der Waals surface area contributed by atoms with Crippen LogP contribution in [0.3, 0.4) is 0 Å². The first-order valence-corrected chi connectivity index (χ1v) is 9.06. The number of amidine groups is 1. The van der Waals surface area contributed by atoms with Crippen molar-refractivity contribution in [3.05, 3.63) is 64.1 Å². The Hall–Kier alpha value is -2.64. The summed E-state index contributed by atoms with van der Waals surface area (Å²) in [6.45, 7) is 3.47. The third-order valence-corrected chi connectivity index (χ3v) is 5.42. The third-order valence-electron chi connectivity index (χ3n) is 5.18. The molecule has 1 aromatic carbocycles. The van der Waals surface area contributed by atoms with Crippen LogP contribution in [0.4, 0.5) is 0 Å². The van der Waals surface area contributed by atoms with Crippen LogP contribution in [0.2, 0.25) is 5.02 Å². The molecule has 0 aliphatic heterocycles. The van der Waals surface area contributed by atoms with Crippen molar-refractivity contribution in [1.29, 1.82) is 0 Å². The number of aromatic nitrogens is 3. The lowest BCUT2D eigenvalue weighted by molar-refractivity contribution is 0.0796. The average Bonchev–Trinajstić information content (AvgIpc) is 3.31. The molecule has 2 heterocycles. The molecule has 0 saturated heterocycles. The number of pyridine rings is 1. The molecular formula is C19H21ClN6O. The summed E-state index contributed by atoms with van der Waals surface area (Å²) in [5, 5.41) is 23.5. The fourth-order valence-corrected chi connectivity index (χ4v) is 3.85. The Morgan fingerprint density at radius 1 is 1.30 bits per heavy atom. The van der Waals surface area contributed by atoms with E-state index >= 15 is 0 Å². The van der Waals surface area contributed by atoms with Gasteiger partial charge in [-0.2, -0.15) is 5.10 Å². The molecule has 7 nitrogen and oxygen atoms in total. The lowest BCUT2D eigenvalue weighted by Gasteiger charge is -2.20. The van der Waals surface area contributed by atoms with E-state index in [0.29, 0.717) is 16.2 Å². The first-order chi connectivity index (χ1) is 12.8. The lowest BCUT2D eigenvalue weighted by Crippen LogP contribution is -2.23. The van der Waals surface area contributed by atoms with Gasteiger partial charge in [0.2, 0.25) is 0 Å². The van der Waals surface area contributed by atoms with Crippen LogP contribution in [0.25, 0.3) is 5.65 Å². The second-order valence-corrected chi connectivity index (χ2v) is 7.92. The van der Waals surface area contributed by atoms with E-state index in [-0.39, 0.29) is 11.3 Å². The van der Waals surface area contributed by atoms with Crippen LogP contribution in [0, 0.1) is 0 Å². The molecule has 1 aliphatic rings. The predicted octanol–water partition coefficient (Wildman–Crippen LogP) is 2.27. The van der Waals surface area contributed by atoms with Gasteiger partial charge >= 0.3 is 0 Å². The van der Waals surface area contributed by atoms with Crippen molar-refractivity contribution in [2.45, 2.75) is 37.7 Å². The quantitative estimate of drug-likeness (QED) is 0.276. The number of aliphatic hydroxyl groups is 1. The SMILES string of the molecule is CC(C)(O)c1cccn2c(C3(c4ccc(Cl)cc4/C(N)=N/N)CC3)nnc12. The number of halogens is 1. The van der Waals surface area contributed by atoms with Crippen molar-refractivity contribution < 1.29 is 5.11 Å². The highest BCUT2D eigenvalue weighted by atomic mass is 35.5. The monoisotopic (exact) mass is 384 g/mol. The number of hydrazone groups is 1. The molecule has 3 aromatic rings. The largest absolute Gasteiger partial charge is 0.386 e. The molecule has 140 valence electrons. The molecule has 8 heteroatoms. The van der Waals surface area contributed by atoms with Gasteiger partial charge in [0.1, 0.15) is 5.82 Å². The molecule has 4 rings (SSSR count). The van der Waals surface area contributed by atoms with Gasteiger partial charge in [-0.1, -0.05) is 23.7 Å². The fraction of sp³-hybridized carbons (Fsp3) is 0.316. The number of fused-ring (bicyclic) bond motifs is 1. The number of nitrogens with zero attached hydrogens (tertiary/aromatic N) is 4. The molecule has 1 saturated carbocycles. The van der Waals surface area contributed by atoms with Crippen molar-refractivity contribution >= 4 is 23.1 Å². The van der Waals surface area contributed by atoms with E-state index in [9.17, 15) is 5.11 Å². The van der Waals surface area contributed by atoms with Gasteiger partial charge in [-0.15, -0.1) is 10.2 Å². The van der Waals surface area contributed by atoms with E-state index in [1.54, 1.807) is 19.9 Å². The van der Waals surface area contributed by atoms with Crippen molar-refractivity contribution in [2.24, 2.45) is 16.7 Å². The van der Waals surface area contributed by atoms with Crippen molar-refractivity contribution in [1.82, 2.24) is 14.6 Å². The Morgan fingerprint density at radius 2 is 2.04 bits per heavy atom. The molecule has 0 amide bonds. The average molecular weight is 385 g/mol. The Bertz CT molecular complexity index is 1060. The summed E-state index contributed by atoms with van der Waals surface area (Å²) in [5.74, 6) is 6.45. The highest BCUT2D eigenvalue weighted by molar-refractivity contribution is 6.31. The van der Waals surface area contributed by atoms with Crippen molar-refractivity contribution in [3.8, 4) is 0 Å². The highest BCUT2D eigenvalue weighted by Crippen LogP contribution is 2.54. The van der Waals surface area contributed by atoms with Gasteiger partial charge in [-0.3, -0.25) is 4.40 Å². The van der Waals surface area contributed by atoms with Crippen LogP contribution >= 0.6 is 11.6 Å². The molecule has 2 aromatic heterocycles. The zero-order valence-electron chi connectivity index (χ0n) is 15.1. The highest BCUT2D eigenvalue weighted by Gasteiger charge is 2.51. The molecule has 0 radical (unpaired) electrons. The van der Waals surface area contributed by atoms with E-state index in [1.165, 1.54) is 0 Å². The number of hydrogen-bond acceptors (Lipinski definition) is 5. The summed E-state index contributed by atoms with van der Waals surface area (Å²) in [4.78, 5) is 0. The smallest absolute Gasteiger partial charge is 0.166 e. The molecule has 1 fully saturated rings. The molecule has 0 unspecified atom stereocenters. The van der Waals surface area contributed by atoms with E-state index in [0.717, 1.165) is 29.8 Å². The van der Waals surface area contributed by atoms with E-state index in [4.69, 9.17) is 23.2 Å². The van der Waals surface area contributed by atoms with Crippen molar-refractivity contribution in [2.75, 3.05) is 0 Å². The first-order valence-electron chi connectivity index (χ1n) is 8.69. The Morgan fingerprint density at radius 3 is 2.67 bits per heavy atom. The maximum absolute atomic E-state index is 10.5. The van der Waals surface area contributed by atoms with Gasteiger partial charge in [0, 0.05) is 22.3 Å². The predicted molar refractivity (Wildman–Crippen MR) is 105 cm³/mol. The van der Waals surface area contributed by atoms with E-state index in [2.05, 4.69) is 15.3 Å². The zero-order valence-corrected chi connectivity index (χ0v) is 15.9. The Balaban J connectivity index is 1.93. The minimum absolute atomic E-state index is 0.227. The first kappa shape index (κ1) is 17.8. The van der Waals surface area contributed by atoms with E-state index in [1.807, 2.05) is 34.9 Å². The van der Waals surface area contributed by atoms with Crippen LogP contribution in [0.15, 0.2) is 41.6 Å². The van der Waals surface area contributed by atoms with Crippen LogP contribution in [0.1, 0.15) is 49.2 Å². The van der Waals surface area contributed by atoms with Crippen LogP contribution in [0.5, 0.6) is 0 Å². The summed E-state index contributed by atoms with van der Waals surface area (Å²) in [5.41, 5.74) is 7.71. The van der Waals surface area contributed by atoms with Crippen molar-refractivity contribution in [3.63, 3.8) is 0 Å². The number of nitrogens with two attached hydrogens (primary N) is 2. The molecule has 0 atom stereocenters. The summed E-state index contributed by atoms with van der Waals surface area (Å²) in [6, 6.07) is 9.30. The molecular weight excluding hydrogens is 364 g/mol. The topological polar surface area (TPSA) is 115 Å². The normalized spacial score (nSPS) is 16.7. The number of benzene rings is 1. The Labute approximate surface area is 161 Å². The summed E-state index contributed by atoms with van der Waals surface area (Å²) in [7, 11) is 0. The second-order valence-electron chi connectivity index (χ2n) is 7.48. The van der Waals surface area contributed by atoms with Crippen LogP contribution < -0.4 is 11.6 Å². The van der Waals surface area contributed by atoms with E-state index < -0.39 is 5.60 Å². The fourth-order valence-electron chi connectivity index (χ4n) is 3.67. The minimum Gasteiger partial charge on any atom is -0.386 e. The molecule has 0 bridgehead atoms. The number of hydrogen-bond donors (Lipinski definition) is 3. The van der Waals surface area contributed by atoms with Crippen LogP contribution in [-0.4, -0.2) is 25.5 Å². The van der Waals surface area contributed by atoms with Gasteiger partial charge in [0.25, 0.3) is 0 Å². The Kier molecular flexibility index (Phi) is 3.90. The maximum Gasteiger partial charge on any atom is 0.166 e. The van der Waals surface area contributed by atoms with Gasteiger partial charge in [0.15, 0.2) is 11.5 Å². The summed E-state index contributed by atoms with van der Waals surface area (Å²) in [6.07, 6.45) is 3.70. The van der Waals surface area contributed by atoms with Gasteiger partial charge < -0.3 is 16.7 Å². The standard InChI is InChI=1S/C19H21ClN6O/c1-18(2,27)14-4-3-9-26-16(14)24-25-17(26)19(7-8-19)13-6-5-11(20)10-12(13)15(21)23-22/h3-6,9-10,27H,7-8,22H2,1-2H3,(H2,21,23). The van der Waals surface area contributed by atoms with Gasteiger partial charge in [0.05, 0.1) is 11.0 Å². The molecule has 5 N–H and O–H groups in total. The maximum atomic E-state index is 10.5. The van der Waals surface area contributed by atoms with Crippen LogP contribution in [-0.2, 0) is 11.0 Å². The third kappa shape index (κ3) is 2.74. The molecule has 0 spiro atoms.